The van der Waals surface area contributed by atoms with Gasteiger partial charge < -0.3 is 10.6 Å². The van der Waals surface area contributed by atoms with Crippen molar-refractivity contribution in [3.63, 3.8) is 0 Å². The fourth-order valence-corrected chi connectivity index (χ4v) is 3.15. The molecule has 0 aromatic carbocycles. The van der Waals surface area contributed by atoms with Gasteiger partial charge in [-0.15, -0.1) is 0 Å². The lowest BCUT2D eigenvalue weighted by Crippen LogP contribution is -2.40. The molecule has 2 N–H and O–H groups in total. The molecule has 1 saturated heterocycles. The minimum atomic E-state index is 0.470. The van der Waals surface area contributed by atoms with Gasteiger partial charge in [0.15, 0.2) is 0 Å². The number of rotatable bonds is 10. The lowest BCUT2D eigenvalue weighted by atomic mass is 9.98. The topological polar surface area (TPSA) is 29.3 Å². The molecule has 0 amide bonds. The van der Waals surface area contributed by atoms with Gasteiger partial charge in [0.1, 0.15) is 0 Å². The Labute approximate surface area is 125 Å². The smallest absolute Gasteiger partial charge is 0.0771 e. The van der Waals surface area contributed by atoms with Crippen LogP contribution in [0.4, 0.5) is 0 Å². The summed E-state index contributed by atoms with van der Waals surface area (Å²) in [7, 11) is 0. The van der Waals surface area contributed by atoms with E-state index in [0.29, 0.717) is 5.92 Å². The van der Waals surface area contributed by atoms with E-state index in [-0.39, 0.29) is 0 Å². The second kappa shape index (κ2) is 10.6. The standard InChI is InChI=1S/C16H32N2S/c1-2-3-4-5-6-7-8-9-12-18-13-10-11-15(14-18)16(17)19/h15H,2-14H2,1H3,(H2,17,19). The summed E-state index contributed by atoms with van der Waals surface area (Å²) in [5, 5.41) is 0. The minimum absolute atomic E-state index is 0.470. The molecule has 1 unspecified atom stereocenters. The molecular weight excluding hydrogens is 252 g/mol. The van der Waals surface area contributed by atoms with Gasteiger partial charge in [-0.25, -0.2) is 0 Å². The van der Waals surface area contributed by atoms with Crippen molar-refractivity contribution in [3.8, 4) is 0 Å². The lowest BCUT2D eigenvalue weighted by Gasteiger charge is -2.32. The van der Waals surface area contributed by atoms with Crippen LogP contribution < -0.4 is 5.73 Å². The van der Waals surface area contributed by atoms with Crippen LogP contribution in [0.3, 0.4) is 0 Å². The molecule has 1 atom stereocenters. The Kier molecular flexibility index (Phi) is 9.44. The Bertz CT molecular complexity index is 243. The van der Waals surface area contributed by atoms with Crippen molar-refractivity contribution < 1.29 is 0 Å². The van der Waals surface area contributed by atoms with E-state index in [1.807, 2.05) is 0 Å². The molecule has 0 saturated carbocycles. The van der Waals surface area contributed by atoms with E-state index in [4.69, 9.17) is 18.0 Å². The average Bonchev–Trinajstić information content (AvgIpc) is 2.42. The van der Waals surface area contributed by atoms with Crippen LogP contribution in [0.2, 0.25) is 0 Å². The molecule has 2 nitrogen and oxygen atoms in total. The molecule has 1 aliphatic rings. The van der Waals surface area contributed by atoms with Crippen molar-refractivity contribution in [2.24, 2.45) is 11.7 Å². The zero-order chi connectivity index (χ0) is 13.9. The normalized spacial score (nSPS) is 20.6. The molecule has 0 aromatic rings. The summed E-state index contributed by atoms with van der Waals surface area (Å²) in [6.45, 7) is 5.87. The zero-order valence-corrected chi connectivity index (χ0v) is 13.5. The molecular formula is C16H32N2S. The second-order valence-corrected chi connectivity index (χ2v) is 6.49. The van der Waals surface area contributed by atoms with E-state index in [9.17, 15) is 0 Å². The van der Waals surface area contributed by atoms with Gasteiger partial charge in [-0.05, 0) is 32.4 Å². The van der Waals surface area contributed by atoms with E-state index >= 15 is 0 Å². The fourth-order valence-electron chi connectivity index (χ4n) is 2.96. The van der Waals surface area contributed by atoms with Crippen LogP contribution in [0, 0.1) is 5.92 Å². The van der Waals surface area contributed by atoms with Gasteiger partial charge in [-0.2, -0.15) is 0 Å². The van der Waals surface area contributed by atoms with Gasteiger partial charge in [-0.1, -0.05) is 64.1 Å². The van der Waals surface area contributed by atoms with Crippen LogP contribution in [0.1, 0.15) is 71.1 Å². The summed E-state index contributed by atoms with van der Waals surface area (Å²) in [5.74, 6) is 0.470. The van der Waals surface area contributed by atoms with Crippen LogP contribution in [0.25, 0.3) is 0 Å². The maximum absolute atomic E-state index is 5.77. The zero-order valence-electron chi connectivity index (χ0n) is 12.7. The minimum Gasteiger partial charge on any atom is -0.393 e. The summed E-state index contributed by atoms with van der Waals surface area (Å²) < 4.78 is 0. The first-order valence-corrected chi connectivity index (χ1v) is 8.66. The number of thiocarbonyl (C=S) groups is 1. The van der Waals surface area contributed by atoms with Crippen molar-refractivity contribution in [3.05, 3.63) is 0 Å². The average molecular weight is 285 g/mol. The third kappa shape index (κ3) is 7.88. The first-order valence-electron chi connectivity index (χ1n) is 8.25. The van der Waals surface area contributed by atoms with E-state index in [0.717, 1.165) is 11.5 Å². The van der Waals surface area contributed by atoms with Crippen molar-refractivity contribution >= 4 is 17.2 Å². The Morgan fingerprint density at radius 3 is 2.37 bits per heavy atom. The number of unbranched alkanes of at least 4 members (excludes halogenated alkanes) is 7. The molecule has 112 valence electrons. The maximum Gasteiger partial charge on any atom is 0.0771 e. The van der Waals surface area contributed by atoms with E-state index < -0.39 is 0 Å². The first-order chi connectivity index (χ1) is 9.24. The van der Waals surface area contributed by atoms with Crippen molar-refractivity contribution in [1.29, 1.82) is 0 Å². The van der Waals surface area contributed by atoms with Gasteiger partial charge in [0.2, 0.25) is 0 Å². The molecule has 1 heterocycles. The molecule has 1 rings (SSSR count). The summed E-state index contributed by atoms with van der Waals surface area (Å²) in [6, 6.07) is 0. The van der Waals surface area contributed by atoms with Crippen molar-refractivity contribution in [1.82, 2.24) is 4.90 Å². The van der Waals surface area contributed by atoms with Gasteiger partial charge in [0.25, 0.3) is 0 Å². The quantitative estimate of drug-likeness (QED) is 0.483. The molecule has 0 radical (unpaired) electrons. The first kappa shape index (κ1) is 16.9. The molecule has 0 aliphatic carbocycles. The third-order valence-electron chi connectivity index (χ3n) is 4.24. The third-order valence-corrected chi connectivity index (χ3v) is 4.57. The lowest BCUT2D eigenvalue weighted by molar-refractivity contribution is 0.201. The molecule has 0 bridgehead atoms. The number of hydrogen-bond acceptors (Lipinski definition) is 2. The number of hydrogen-bond donors (Lipinski definition) is 1. The fraction of sp³-hybridized carbons (Fsp3) is 0.938. The molecule has 1 aliphatic heterocycles. The molecule has 3 heteroatoms. The Hall–Kier alpha value is -0.150. The largest absolute Gasteiger partial charge is 0.393 e. The van der Waals surface area contributed by atoms with Crippen LogP contribution in [0.5, 0.6) is 0 Å². The molecule has 0 aromatic heterocycles. The molecule has 19 heavy (non-hydrogen) atoms. The Morgan fingerprint density at radius 2 is 1.74 bits per heavy atom. The Balaban J connectivity index is 1.95. The summed E-state index contributed by atoms with van der Waals surface area (Å²) in [5.41, 5.74) is 5.77. The van der Waals surface area contributed by atoms with Crippen LogP contribution in [0.15, 0.2) is 0 Å². The predicted molar refractivity (Wildman–Crippen MR) is 88.6 cm³/mol. The van der Waals surface area contributed by atoms with Crippen LogP contribution in [-0.2, 0) is 0 Å². The van der Waals surface area contributed by atoms with Gasteiger partial charge in [0.05, 0.1) is 4.99 Å². The SMILES string of the molecule is CCCCCCCCCCN1CCCC(C(N)=S)C1. The predicted octanol–water partition coefficient (Wildman–Crippen LogP) is 4.13. The molecule has 0 spiro atoms. The maximum atomic E-state index is 5.77. The highest BCUT2D eigenvalue weighted by Crippen LogP contribution is 2.17. The Morgan fingerprint density at radius 1 is 1.11 bits per heavy atom. The summed E-state index contributed by atoms with van der Waals surface area (Å²) >= 11 is 5.12. The highest BCUT2D eigenvalue weighted by atomic mass is 32.1. The highest BCUT2D eigenvalue weighted by molar-refractivity contribution is 7.80. The summed E-state index contributed by atoms with van der Waals surface area (Å²) in [4.78, 5) is 3.28. The van der Waals surface area contributed by atoms with Gasteiger partial charge in [-0.3, -0.25) is 0 Å². The van der Waals surface area contributed by atoms with Crippen molar-refractivity contribution in [2.75, 3.05) is 19.6 Å². The second-order valence-electron chi connectivity index (χ2n) is 6.02. The summed E-state index contributed by atoms with van der Waals surface area (Å²) in [6.07, 6.45) is 13.7. The van der Waals surface area contributed by atoms with E-state index in [2.05, 4.69) is 11.8 Å². The highest BCUT2D eigenvalue weighted by Gasteiger charge is 2.20. The van der Waals surface area contributed by atoms with Gasteiger partial charge in [0, 0.05) is 12.5 Å². The van der Waals surface area contributed by atoms with Crippen LogP contribution in [-0.4, -0.2) is 29.5 Å². The number of nitrogens with zero attached hydrogens (tertiary/aromatic N) is 1. The number of piperidine rings is 1. The monoisotopic (exact) mass is 284 g/mol. The number of nitrogens with two attached hydrogens (primary N) is 1. The van der Waals surface area contributed by atoms with Crippen LogP contribution >= 0.6 is 12.2 Å². The molecule has 1 fully saturated rings. The van der Waals surface area contributed by atoms with Gasteiger partial charge >= 0.3 is 0 Å². The van der Waals surface area contributed by atoms with Crippen molar-refractivity contribution in [2.45, 2.75) is 71.1 Å². The van der Waals surface area contributed by atoms with E-state index in [1.54, 1.807) is 0 Å². The number of likely N-dealkylation sites (tertiary alicyclic amines) is 1. The van der Waals surface area contributed by atoms with E-state index in [1.165, 1.54) is 77.3 Å².